The first-order chi connectivity index (χ1) is 12.0. The van der Waals surface area contributed by atoms with E-state index in [2.05, 4.69) is 15.1 Å². The number of carbonyl (C=O) groups excluding carboxylic acids is 1. The van der Waals surface area contributed by atoms with Crippen molar-refractivity contribution in [3.8, 4) is 0 Å². The molecule has 0 saturated carbocycles. The first-order valence-electron chi connectivity index (χ1n) is 7.19. The minimum Gasteiger partial charge on any atom is -0.278 e. The van der Waals surface area contributed by atoms with Crippen LogP contribution in [0.3, 0.4) is 0 Å². The van der Waals surface area contributed by atoms with Gasteiger partial charge < -0.3 is 0 Å². The minimum atomic E-state index is -0.315. The van der Waals surface area contributed by atoms with Crippen molar-refractivity contribution in [3.63, 3.8) is 0 Å². The van der Waals surface area contributed by atoms with Crippen LogP contribution in [0.15, 0.2) is 46.5 Å². The van der Waals surface area contributed by atoms with Gasteiger partial charge in [0.25, 0.3) is 0 Å². The second-order valence-electron chi connectivity index (χ2n) is 5.10. The highest BCUT2D eigenvalue weighted by Crippen LogP contribution is 2.41. The quantitative estimate of drug-likeness (QED) is 0.633. The van der Waals surface area contributed by atoms with E-state index in [1.807, 2.05) is 0 Å². The number of amides is 1. The molecule has 0 aliphatic heterocycles. The van der Waals surface area contributed by atoms with Crippen LogP contribution < -0.4 is 4.90 Å². The topological polar surface area (TPSA) is 63.9 Å². The first kappa shape index (κ1) is 17.4. The number of halogens is 2. The maximum absolute atomic E-state index is 13.8. The zero-order valence-electron chi connectivity index (χ0n) is 13.3. The normalized spacial score (nSPS) is 10.7. The molecule has 0 fully saturated rings. The Morgan fingerprint density at radius 1 is 1.32 bits per heavy atom. The number of anilines is 2. The highest BCUT2D eigenvalue weighted by Gasteiger charge is 2.24. The van der Waals surface area contributed by atoms with Gasteiger partial charge in [-0.15, -0.1) is 0 Å². The van der Waals surface area contributed by atoms with Gasteiger partial charge in [-0.05, 0) is 30.7 Å². The molecule has 2 aromatic heterocycles. The Bertz CT molecular complexity index is 918. The monoisotopic (exact) mass is 377 g/mol. The Morgan fingerprint density at radius 3 is 2.68 bits per heavy atom. The molecule has 2 heterocycles. The van der Waals surface area contributed by atoms with Gasteiger partial charge in [0.1, 0.15) is 5.82 Å². The number of hydrogen-bond acceptors (Lipinski definition) is 5. The van der Waals surface area contributed by atoms with E-state index in [4.69, 9.17) is 11.6 Å². The summed E-state index contributed by atoms with van der Waals surface area (Å²) in [7, 11) is 1.65. The van der Waals surface area contributed by atoms with Crippen molar-refractivity contribution < 1.29 is 9.18 Å². The summed E-state index contributed by atoms with van der Waals surface area (Å²) in [6, 6.07) is 6.52. The Labute approximate surface area is 152 Å². The smallest absolute Gasteiger partial charge is 0.237 e. The van der Waals surface area contributed by atoms with E-state index in [1.54, 1.807) is 32.2 Å². The maximum atomic E-state index is 13.8. The fourth-order valence-corrected chi connectivity index (χ4v) is 3.47. The van der Waals surface area contributed by atoms with Crippen molar-refractivity contribution >= 4 is 41.5 Å². The Kier molecular flexibility index (Phi) is 5.00. The van der Waals surface area contributed by atoms with E-state index in [0.717, 1.165) is 0 Å². The summed E-state index contributed by atoms with van der Waals surface area (Å²) < 4.78 is 15.3. The number of benzene rings is 1. The van der Waals surface area contributed by atoms with Crippen LogP contribution >= 0.6 is 23.4 Å². The van der Waals surface area contributed by atoms with E-state index in [-0.39, 0.29) is 16.9 Å². The number of aryl methyl sites for hydroxylation is 2. The fourth-order valence-electron chi connectivity index (χ4n) is 2.18. The minimum absolute atomic E-state index is 0.189. The molecule has 25 heavy (non-hydrogen) atoms. The van der Waals surface area contributed by atoms with E-state index >= 15 is 0 Å². The predicted molar refractivity (Wildman–Crippen MR) is 93.7 cm³/mol. The third-order valence-corrected chi connectivity index (χ3v) is 4.85. The molecule has 9 heteroatoms. The molecule has 0 unspecified atom stereocenters. The van der Waals surface area contributed by atoms with Crippen molar-refractivity contribution in [2.45, 2.75) is 16.7 Å². The summed E-state index contributed by atoms with van der Waals surface area (Å²) in [5, 5.41) is 4.35. The molecule has 0 saturated heterocycles. The van der Waals surface area contributed by atoms with Gasteiger partial charge in [-0.25, -0.2) is 23.9 Å². The van der Waals surface area contributed by atoms with Gasteiger partial charge in [0.2, 0.25) is 12.4 Å². The molecular weight excluding hydrogens is 365 g/mol. The third kappa shape index (κ3) is 3.49. The Hall–Kier alpha value is -2.45. The number of carbonyl (C=O) groups is 1. The highest BCUT2D eigenvalue weighted by molar-refractivity contribution is 7.99. The fraction of sp³-hybridized carbons (Fsp3) is 0.125. The predicted octanol–water partition coefficient (Wildman–Crippen LogP) is 3.76. The Balaban J connectivity index is 2.06. The summed E-state index contributed by atoms with van der Waals surface area (Å²) >= 11 is 7.44. The molecule has 128 valence electrons. The first-order valence-corrected chi connectivity index (χ1v) is 8.38. The van der Waals surface area contributed by atoms with Crippen LogP contribution in [0.5, 0.6) is 0 Å². The van der Waals surface area contributed by atoms with Crippen LogP contribution in [0.2, 0.25) is 5.15 Å². The van der Waals surface area contributed by atoms with Gasteiger partial charge in [-0.2, -0.15) is 5.10 Å². The lowest BCUT2D eigenvalue weighted by atomic mass is 10.2. The molecule has 3 rings (SSSR count). The van der Waals surface area contributed by atoms with E-state index < -0.39 is 0 Å². The number of aromatic nitrogens is 4. The van der Waals surface area contributed by atoms with Gasteiger partial charge in [0.05, 0.1) is 4.90 Å². The molecule has 0 spiro atoms. The molecule has 3 aromatic rings. The van der Waals surface area contributed by atoms with Crippen LogP contribution in [0, 0.1) is 12.7 Å². The molecular formula is C16H13ClFN5OS. The largest absolute Gasteiger partial charge is 0.278 e. The van der Waals surface area contributed by atoms with Gasteiger partial charge in [0.15, 0.2) is 11.0 Å². The molecule has 0 radical (unpaired) electrons. The average molecular weight is 378 g/mol. The molecule has 0 aliphatic rings. The van der Waals surface area contributed by atoms with E-state index in [9.17, 15) is 9.18 Å². The van der Waals surface area contributed by atoms with E-state index in [1.165, 1.54) is 39.8 Å². The zero-order chi connectivity index (χ0) is 18.0. The van der Waals surface area contributed by atoms with Gasteiger partial charge in [-0.3, -0.25) is 4.79 Å². The lowest BCUT2D eigenvalue weighted by Gasteiger charge is -2.16. The second-order valence-corrected chi connectivity index (χ2v) is 6.55. The second kappa shape index (κ2) is 7.20. The van der Waals surface area contributed by atoms with Crippen molar-refractivity contribution in [1.29, 1.82) is 0 Å². The lowest BCUT2D eigenvalue weighted by molar-refractivity contribution is -0.107. The molecule has 0 atom stereocenters. The molecule has 1 aromatic carbocycles. The molecule has 0 aliphatic carbocycles. The van der Waals surface area contributed by atoms with Crippen molar-refractivity contribution in [3.05, 3.63) is 53.2 Å². The lowest BCUT2D eigenvalue weighted by Crippen LogP contribution is -2.20. The summed E-state index contributed by atoms with van der Waals surface area (Å²) in [6.07, 6.45) is 3.64. The standard InChI is InChI=1S/C16H13ClFN5OS/c1-10-4-5-11(8-12(10)18)25-13-14(17)21-22(2)15(13)23(9-24)16-19-6-3-7-20-16/h3-9H,1-2H3. The van der Waals surface area contributed by atoms with Crippen LogP contribution in [0.25, 0.3) is 0 Å². The Morgan fingerprint density at radius 2 is 2.04 bits per heavy atom. The third-order valence-electron chi connectivity index (χ3n) is 3.40. The summed E-state index contributed by atoms with van der Waals surface area (Å²) in [6.45, 7) is 1.69. The van der Waals surface area contributed by atoms with Crippen molar-refractivity contribution in [2.75, 3.05) is 4.90 Å². The summed E-state index contributed by atoms with van der Waals surface area (Å²) in [5.74, 6) is 0.275. The molecule has 1 amide bonds. The number of rotatable bonds is 5. The molecule has 0 bridgehead atoms. The molecule has 6 nitrogen and oxygen atoms in total. The summed E-state index contributed by atoms with van der Waals surface area (Å²) in [5.41, 5.74) is 0.550. The SMILES string of the molecule is Cc1ccc(Sc2c(Cl)nn(C)c2N(C=O)c2ncccn2)cc1F. The van der Waals surface area contributed by atoms with Crippen LogP contribution in [-0.4, -0.2) is 26.2 Å². The highest BCUT2D eigenvalue weighted by atomic mass is 35.5. The van der Waals surface area contributed by atoms with Crippen LogP contribution in [0.1, 0.15) is 5.56 Å². The van der Waals surface area contributed by atoms with Crippen LogP contribution in [-0.2, 0) is 11.8 Å². The summed E-state index contributed by atoms with van der Waals surface area (Å²) in [4.78, 5) is 22.2. The molecule has 0 N–H and O–H groups in total. The zero-order valence-corrected chi connectivity index (χ0v) is 14.9. The maximum Gasteiger partial charge on any atom is 0.237 e. The van der Waals surface area contributed by atoms with Crippen LogP contribution in [0.4, 0.5) is 16.2 Å². The number of nitrogens with zero attached hydrogens (tertiary/aromatic N) is 5. The van der Waals surface area contributed by atoms with Crippen molar-refractivity contribution in [2.24, 2.45) is 7.05 Å². The number of hydrogen-bond donors (Lipinski definition) is 0. The van der Waals surface area contributed by atoms with Gasteiger partial charge >= 0.3 is 0 Å². The van der Waals surface area contributed by atoms with Gasteiger partial charge in [-0.1, -0.05) is 29.4 Å². The van der Waals surface area contributed by atoms with Crippen molar-refractivity contribution in [1.82, 2.24) is 19.7 Å². The van der Waals surface area contributed by atoms with Gasteiger partial charge in [0, 0.05) is 24.3 Å². The average Bonchev–Trinajstić information content (AvgIpc) is 2.87. The van der Waals surface area contributed by atoms with E-state index in [0.29, 0.717) is 27.6 Å².